The molecule has 0 aliphatic heterocycles. The van der Waals surface area contributed by atoms with Crippen molar-refractivity contribution in [2.45, 2.75) is 56.8 Å². The van der Waals surface area contributed by atoms with Crippen molar-refractivity contribution >= 4 is 23.7 Å². The summed E-state index contributed by atoms with van der Waals surface area (Å²) in [5.41, 5.74) is 12.0. The Morgan fingerprint density at radius 1 is 1.03 bits per heavy atom. The molecule has 10 N–H and O–H groups in total. The van der Waals surface area contributed by atoms with Gasteiger partial charge in [0.05, 0.1) is 18.7 Å². The average molecular weight is 468 g/mol. The van der Waals surface area contributed by atoms with Gasteiger partial charge < -0.3 is 42.7 Å². The predicted molar refractivity (Wildman–Crippen MR) is 119 cm³/mol. The Morgan fingerprint density at radius 3 is 2.21 bits per heavy atom. The van der Waals surface area contributed by atoms with Gasteiger partial charge in [-0.1, -0.05) is 18.6 Å². The maximum absolute atomic E-state index is 12.7. The van der Waals surface area contributed by atoms with Crippen molar-refractivity contribution in [1.82, 2.24) is 16.0 Å². The number of carboxylic acids is 1. The first-order chi connectivity index (χ1) is 15.5. The molecular weight excluding hydrogens is 434 g/mol. The summed E-state index contributed by atoms with van der Waals surface area (Å²) in [5, 5.41) is 34.9. The molecule has 0 aliphatic carbocycles. The molecule has 12 heteroatoms. The molecule has 12 nitrogen and oxygen atoms in total. The lowest BCUT2D eigenvalue weighted by atomic mass is 10.0. The second kappa shape index (κ2) is 14.0. The van der Waals surface area contributed by atoms with Crippen LogP contribution in [-0.2, 0) is 25.6 Å². The van der Waals surface area contributed by atoms with Crippen LogP contribution in [-0.4, -0.2) is 76.3 Å². The highest BCUT2D eigenvalue weighted by Crippen LogP contribution is 2.12. The van der Waals surface area contributed by atoms with Crippen LogP contribution in [0.2, 0.25) is 0 Å². The zero-order valence-corrected chi connectivity index (χ0v) is 18.5. The van der Waals surface area contributed by atoms with E-state index in [1.165, 1.54) is 19.1 Å². The van der Waals surface area contributed by atoms with Gasteiger partial charge in [-0.3, -0.25) is 14.4 Å². The molecule has 0 radical (unpaired) electrons. The number of benzene rings is 1. The number of nitrogens with two attached hydrogens (primary N) is 2. The number of hydrogen-bond donors (Lipinski definition) is 8. The van der Waals surface area contributed by atoms with E-state index in [0.29, 0.717) is 31.4 Å². The summed E-state index contributed by atoms with van der Waals surface area (Å²) in [5.74, 6) is -3.45. The molecule has 1 aromatic carbocycles. The predicted octanol–water partition coefficient (Wildman–Crippen LogP) is -2.06. The highest BCUT2D eigenvalue weighted by Gasteiger charge is 2.27. The summed E-state index contributed by atoms with van der Waals surface area (Å²) in [6.07, 6.45) is 0.449. The number of carbonyl (C=O) groups excluding carboxylic acids is 3. The summed E-state index contributed by atoms with van der Waals surface area (Å²) in [7, 11) is 0. The van der Waals surface area contributed by atoms with E-state index in [1.807, 2.05) is 0 Å². The third kappa shape index (κ3) is 10.3. The highest BCUT2D eigenvalue weighted by molar-refractivity contribution is 5.92. The molecular formula is C21H33N5O7. The van der Waals surface area contributed by atoms with E-state index in [0.717, 1.165) is 0 Å². The molecule has 0 heterocycles. The van der Waals surface area contributed by atoms with Crippen molar-refractivity contribution < 1.29 is 34.5 Å². The third-order valence-corrected chi connectivity index (χ3v) is 4.80. The second-order valence-electron chi connectivity index (χ2n) is 7.66. The van der Waals surface area contributed by atoms with E-state index in [9.17, 15) is 29.4 Å². The first kappa shape index (κ1) is 27.8. The van der Waals surface area contributed by atoms with Gasteiger partial charge in [0.1, 0.15) is 11.8 Å². The lowest BCUT2D eigenvalue weighted by Crippen LogP contribution is -2.55. The summed E-state index contributed by atoms with van der Waals surface area (Å²) >= 11 is 0. The molecule has 0 saturated carbocycles. The Kier molecular flexibility index (Phi) is 11.8. The summed E-state index contributed by atoms with van der Waals surface area (Å²) < 4.78 is 0. The van der Waals surface area contributed by atoms with E-state index in [1.54, 1.807) is 12.1 Å². The second-order valence-corrected chi connectivity index (χ2v) is 7.66. The Hall–Kier alpha value is -3.22. The lowest BCUT2D eigenvalue weighted by Gasteiger charge is -2.21. The number of rotatable bonds is 14. The number of aliphatic hydroxyl groups excluding tert-OH is 1. The molecule has 33 heavy (non-hydrogen) atoms. The van der Waals surface area contributed by atoms with Crippen molar-refractivity contribution in [1.29, 1.82) is 0 Å². The van der Waals surface area contributed by atoms with Crippen LogP contribution in [0.25, 0.3) is 0 Å². The van der Waals surface area contributed by atoms with Gasteiger partial charge in [0, 0.05) is 6.42 Å². The van der Waals surface area contributed by atoms with Crippen LogP contribution in [0.5, 0.6) is 5.75 Å². The van der Waals surface area contributed by atoms with Gasteiger partial charge in [0.15, 0.2) is 6.04 Å². The number of carboxylic acid groups (broad SMARTS) is 1. The number of unbranched alkanes of at least 4 members (excludes halogenated alkanes) is 1. The smallest absolute Gasteiger partial charge is 0.328 e. The number of phenols is 1. The Balaban J connectivity index is 2.81. The molecule has 0 saturated heterocycles. The lowest BCUT2D eigenvalue weighted by molar-refractivity contribution is -0.144. The normalized spacial score (nSPS) is 14.4. The van der Waals surface area contributed by atoms with Crippen molar-refractivity contribution in [3.63, 3.8) is 0 Å². The quantitative estimate of drug-likeness (QED) is 0.141. The van der Waals surface area contributed by atoms with Gasteiger partial charge >= 0.3 is 5.97 Å². The fraction of sp³-hybridized carbons (Fsp3) is 0.524. The summed E-state index contributed by atoms with van der Waals surface area (Å²) in [6.45, 7) is 1.11. The van der Waals surface area contributed by atoms with E-state index in [-0.39, 0.29) is 12.2 Å². The van der Waals surface area contributed by atoms with Gasteiger partial charge in [-0.2, -0.15) is 0 Å². The number of nitrogens with one attached hydrogen (secondary N) is 3. The van der Waals surface area contributed by atoms with Gasteiger partial charge in [0.25, 0.3) is 0 Å². The van der Waals surface area contributed by atoms with Gasteiger partial charge in [-0.25, -0.2) is 4.79 Å². The summed E-state index contributed by atoms with van der Waals surface area (Å²) in [4.78, 5) is 48.3. The molecule has 1 rings (SSSR count). The first-order valence-corrected chi connectivity index (χ1v) is 10.6. The first-order valence-electron chi connectivity index (χ1n) is 10.6. The largest absolute Gasteiger partial charge is 0.508 e. The van der Waals surface area contributed by atoms with Crippen LogP contribution < -0.4 is 27.4 Å². The number of aromatic hydroxyl groups is 1. The van der Waals surface area contributed by atoms with E-state index >= 15 is 0 Å². The van der Waals surface area contributed by atoms with Crippen LogP contribution in [0.15, 0.2) is 24.3 Å². The van der Waals surface area contributed by atoms with E-state index < -0.39 is 54.5 Å². The molecule has 4 atom stereocenters. The van der Waals surface area contributed by atoms with Crippen LogP contribution in [0, 0.1) is 0 Å². The maximum atomic E-state index is 12.7. The van der Waals surface area contributed by atoms with Crippen LogP contribution in [0.1, 0.15) is 31.7 Å². The average Bonchev–Trinajstić information content (AvgIpc) is 2.76. The van der Waals surface area contributed by atoms with Crippen LogP contribution in [0.3, 0.4) is 0 Å². The fourth-order valence-electron chi connectivity index (χ4n) is 2.90. The Labute approximate surface area is 191 Å². The van der Waals surface area contributed by atoms with Gasteiger partial charge in [0.2, 0.25) is 17.7 Å². The minimum atomic E-state index is -1.53. The molecule has 0 fully saturated rings. The zero-order valence-electron chi connectivity index (χ0n) is 18.5. The molecule has 3 amide bonds. The molecule has 0 spiro atoms. The van der Waals surface area contributed by atoms with E-state index in [4.69, 9.17) is 16.6 Å². The monoisotopic (exact) mass is 467 g/mol. The minimum Gasteiger partial charge on any atom is -0.508 e. The number of phenolic OH excluding ortho intramolecular Hbond substituents is 1. The van der Waals surface area contributed by atoms with Crippen LogP contribution >= 0.6 is 0 Å². The maximum Gasteiger partial charge on any atom is 0.328 e. The number of hydrogen-bond acceptors (Lipinski definition) is 8. The molecule has 1 aromatic rings. The van der Waals surface area contributed by atoms with Crippen molar-refractivity contribution in [2.75, 3.05) is 13.1 Å². The number of aliphatic hydroxyl groups is 1. The molecule has 0 bridgehead atoms. The van der Waals surface area contributed by atoms with E-state index in [2.05, 4.69) is 16.0 Å². The van der Waals surface area contributed by atoms with Crippen molar-refractivity contribution in [3.05, 3.63) is 29.8 Å². The van der Waals surface area contributed by atoms with Crippen molar-refractivity contribution in [3.8, 4) is 5.75 Å². The fourth-order valence-corrected chi connectivity index (χ4v) is 2.90. The molecule has 0 aliphatic rings. The van der Waals surface area contributed by atoms with Gasteiger partial charge in [-0.05, 0) is 44.0 Å². The Bertz CT molecular complexity index is 801. The van der Waals surface area contributed by atoms with Crippen molar-refractivity contribution in [2.24, 2.45) is 11.5 Å². The SMILES string of the molecule is CC(O)C(NC(=O)CNC(=O)C(Cc1ccc(O)cc1)NC(=O)C(N)CCCCN)C(=O)O. The Morgan fingerprint density at radius 2 is 1.67 bits per heavy atom. The topological polar surface area (TPSA) is 217 Å². The minimum absolute atomic E-state index is 0.0356. The number of amides is 3. The van der Waals surface area contributed by atoms with Crippen LogP contribution in [0.4, 0.5) is 0 Å². The molecule has 0 aromatic heterocycles. The highest BCUT2D eigenvalue weighted by atomic mass is 16.4. The van der Waals surface area contributed by atoms with Gasteiger partial charge in [-0.15, -0.1) is 0 Å². The molecule has 4 unspecified atom stereocenters. The number of carbonyl (C=O) groups is 4. The standard InChI is InChI=1S/C21H33N5O7/c1-12(27)18(21(32)33)26-17(29)11-24-20(31)16(10-13-5-7-14(28)8-6-13)25-19(30)15(23)4-2-3-9-22/h5-8,12,15-16,18,27-28H,2-4,9-11,22-23H2,1H3,(H,24,31)(H,25,30)(H,26,29)(H,32,33). The number of aliphatic carboxylic acids is 1. The molecule has 184 valence electrons. The third-order valence-electron chi connectivity index (χ3n) is 4.80. The zero-order chi connectivity index (χ0) is 25.0. The summed E-state index contributed by atoms with van der Waals surface area (Å²) in [6, 6.07) is 2.56.